The fourth-order valence-electron chi connectivity index (χ4n) is 3.55. The normalized spacial score (nSPS) is 12.4. The lowest BCUT2D eigenvalue weighted by molar-refractivity contribution is -0.125. The van der Waals surface area contributed by atoms with Gasteiger partial charge in [0.2, 0.25) is 5.91 Å². The van der Waals surface area contributed by atoms with Crippen LogP contribution in [0.4, 0.5) is 5.69 Å². The van der Waals surface area contributed by atoms with Gasteiger partial charge in [0.05, 0.1) is 5.56 Å². The molecule has 38 heavy (non-hydrogen) atoms. The van der Waals surface area contributed by atoms with Crippen LogP contribution >= 0.6 is 11.6 Å². The quantitative estimate of drug-likeness (QED) is 0.253. The highest BCUT2D eigenvalue weighted by atomic mass is 35.5. The van der Waals surface area contributed by atoms with Crippen molar-refractivity contribution in [2.45, 2.75) is 17.4 Å². The summed E-state index contributed by atoms with van der Waals surface area (Å²) in [5.41, 5.74) is 1.63. The van der Waals surface area contributed by atoms with Gasteiger partial charge in [0.25, 0.3) is 5.91 Å². The Hall–Kier alpha value is -4.26. The predicted molar refractivity (Wildman–Crippen MR) is 140 cm³/mol. The van der Waals surface area contributed by atoms with Crippen LogP contribution in [0.5, 0.6) is 0 Å². The number of hydrogen-bond acceptors (Lipinski definition) is 7. The average Bonchev–Trinajstić information content (AvgIpc) is 3.44. The number of aromatic carboxylic acids is 1. The summed E-state index contributed by atoms with van der Waals surface area (Å²) in [7, 11) is 0. The number of nitrogens with one attached hydrogen (secondary N) is 2. The Balaban J connectivity index is 1.49. The van der Waals surface area contributed by atoms with Crippen molar-refractivity contribution in [3.05, 3.63) is 95.3 Å². The van der Waals surface area contributed by atoms with Crippen LogP contribution in [0.1, 0.15) is 15.9 Å². The minimum absolute atomic E-state index is 0.0710. The van der Waals surface area contributed by atoms with Crippen molar-refractivity contribution in [3.63, 3.8) is 0 Å². The van der Waals surface area contributed by atoms with E-state index in [1.807, 2.05) is 30.3 Å². The first-order valence-corrected chi connectivity index (χ1v) is 12.9. The Kier molecular flexibility index (Phi) is 8.69. The number of amides is 2. The number of carbonyl (C=O) groups is 3. The predicted octanol–water partition coefficient (Wildman–Crippen LogP) is 2.49. The summed E-state index contributed by atoms with van der Waals surface area (Å²) in [6.45, 7) is 0. The van der Waals surface area contributed by atoms with E-state index in [2.05, 4.69) is 26.2 Å². The van der Waals surface area contributed by atoms with E-state index in [4.69, 9.17) is 16.7 Å². The van der Waals surface area contributed by atoms with Gasteiger partial charge in [-0.2, -0.15) is 4.68 Å². The van der Waals surface area contributed by atoms with Crippen molar-refractivity contribution in [2.24, 2.45) is 0 Å². The highest BCUT2D eigenvalue weighted by Gasteiger charge is 2.27. The molecule has 194 valence electrons. The third-order valence-corrected chi connectivity index (χ3v) is 6.94. The first-order chi connectivity index (χ1) is 18.3. The van der Waals surface area contributed by atoms with Gasteiger partial charge in [-0.1, -0.05) is 41.9 Å². The zero-order chi connectivity index (χ0) is 27.1. The third-order valence-electron chi connectivity index (χ3n) is 5.36. The van der Waals surface area contributed by atoms with Crippen molar-refractivity contribution >= 4 is 46.2 Å². The van der Waals surface area contributed by atoms with E-state index in [0.29, 0.717) is 16.4 Å². The summed E-state index contributed by atoms with van der Waals surface area (Å²) in [4.78, 5) is 37.4. The summed E-state index contributed by atoms with van der Waals surface area (Å²) >= 11 is 4.26. The molecule has 3 N–H and O–H groups in total. The second-order valence-corrected chi connectivity index (χ2v) is 9.89. The van der Waals surface area contributed by atoms with Crippen molar-refractivity contribution in [1.82, 2.24) is 25.5 Å². The largest absolute Gasteiger partial charge is 0.611 e. The van der Waals surface area contributed by atoms with Crippen LogP contribution in [0, 0.1) is 0 Å². The van der Waals surface area contributed by atoms with Gasteiger partial charge in [0, 0.05) is 23.2 Å². The van der Waals surface area contributed by atoms with Crippen LogP contribution in [0.2, 0.25) is 5.02 Å². The number of carbonyl (C=O) groups excluding carboxylic acids is 2. The zero-order valence-electron chi connectivity index (χ0n) is 19.7. The maximum atomic E-state index is 13.2. The molecule has 0 fully saturated rings. The minimum Gasteiger partial charge on any atom is -0.611 e. The summed E-state index contributed by atoms with van der Waals surface area (Å²) < 4.78 is 14.5. The maximum Gasteiger partial charge on any atom is 0.335 e. The molecular formula is C25H21ClN6O5S. The van der Waals surface area contributed by atoms with E-state index in [1.165, 1.54) is 41.3 Å². The molecule has 2 atom stereocenters. The molecular weight excluding hydrogens is 532 g/mol. The number of nitrogens with zero attached hydrogens (tertiary/aromatic N) is 4. The Bertz CT molecular complexity index is 1420. The maximum absolute atomic E-state index is 13.2. The molecule has 1 heterocycles. The molecule has 4 aromatic rings. The highest BCUT2D eigenvalue weighted by molar-refractivity contribution is 7.92. The number of halogens is 1. The molecule has 3 aromatic carbocycles. The SMILES string of the molecule is O=C(C[S+]([O-])c1cc(Cl)ccc1-n1cnnn1)NC(Cc1ccccc1)C(=O)Nc1ccc(C(=O)O)cc1. The van der Waals surface area contributed by atoms with E-state index in [-0.39, 0.29) is 16.9 Å². The molecule has 1 aromatic heterocycles. The van der Waals surface area contributed by atoms with Gasteiger partial charge in [0.15, 0.2) is 10.6 Å². The first kappa shape index (κ1) is 26.8. The molecule has 0 spiro atoms. The van der Waals surface area contributed by atoms with E-state index in [0.717, 1.165) is 5.56 Å². The van der Waals surface area contributed by atoms with E-state index in [9.17, 15) is 18.9 Å². The molecule has 0 aliphatic carbocycles. The second kappa shape index (κ2) is 12.3. The van der Waals surface area contributed by atoms with Crippen LogP contribution in [0.3, 0.4) is 0 Å². The molecule has 2 unspecified atom stereocenters. The van der Waals surface area contributed by atoms with Crippen molar-refractivity contribution in [2.75, 3.05) is 11.1 Å². The standard InChI is InChI=1S/C25H21ClN6O5S/c26-18-8-11-21(32-15-27-30-31-32)22(13-18)38(37)14-23(33)29-20(12-16-4-2-1-3-5-16)24(34)28-19-9-6-17(7-10-19)25(35)36/h1-11,13,15,20H,12,14H2,(H,28,34)(H,29,33)(H,35,36). The molecule has 13 heteroatoms. The van der Waals surface area contributed by atoms with Gasteiger partial charge < -0.3 is 20.3 Å². The monoisotopic (exact) mass is 552 g/mol. The van der Waals surface area contributed by atoms with Crippen LogP contribution in [-0.4, -0.2) is 59.4 Å². The number of benzene rings is 3. The summed E-state index contributed by atoms with van der Waals surface area (Å²) in [6.07, 6.45) is 1.50. The number of carboxylic acids is 1. The fourth-order valence-corrected chi connectivity index (χ4v) is 4.92. The molecule has 11 nitrogen and oxygen atoms in total. The van der Waals surface area contributed by atoms with Gasteiger partial charge in [0.1, 0.15) is 18.1 Å². The Morgan fingerprint density at radius 1 is 1.05 bits per heavy atom. The average molecular weight is 553 g/mol. The van der Waals surface area contributed by atoms with Gasteiger partial charge in [-0.15, -0.1) is 5.10 Å². The third kappa shape index (κ3) is 6.94. The number of aromatic nitrogens is 4. The lowest BCUT2D eigenvalue weighted by atomic mass is 10.0. The fraction of sp³-hybridized carbons (Fsp3) is 0.120. The van der Waals surface area contributed by atoms with Gasteiger partial charge in [-0.3, -0.25) is 9.59 Å². The number of rotatable bonds is 10. The van der Waals surface area contributed by atoms with Gasteiger partial charge in [-0.25, -0.2) is 4.79 Å². The van der Waals surface area contributed by atoms with Gasteiger partial charge >= 0.3 is 5.97 Å². The topological polar surface area (TPSA) is 162 Å². The molecule has 0 saturated heterocycles. The Morgan fingerprint density at radius 2 is 1.79 bits per heavy atom. The van der Waals surface area contributed by atoms with Gasteiger partial charge in [-0.05, 0) is 63.6 Å². The minimum atomic E-state index is -1.84. The molecule has 2 amide bonds. The second-order valence-electron chi connectivity index (χ2n) is 8.04. The van der Waals surface area contributed by atoms with Crippen LogP contribution in [-0.2, 0) is 27.2 Å². The first-order valence-electron chi connectivity index (χ1n) is 11.2. The van der Waals surface area contributed by atoms with Crippen LogP contribution < -0.4 is 10.6 Å². The Labute approximate surface area is 225 Å². The number of carboxylic acid groups (broad SMARTS) is 1. The van der Waals surface area contributed by atoms with Crippen molar-refractivity contribution in [3.8, 4) is 5.69 Å². The molecule has 0 aliphatic rings. The molecule has 0 aliphatic heterocycles. The van der Waals surface area contributed by atoms with Crippen LogP contribution in [0.15, 0.2) is 84.0 Å². The summed E-state index contributed by atoms with van der Waals surface area (Å²) in [6, 6.07) is 18.4. The van der Waals surface area contributed by atoms with Crippen molar-refractivity contribution in [1.29, 1.82) is 0 Å². The van der Waals surface area contributed by atoms with E-state index in [1.54, 1.807) is 12.1 Å². The van der Waals surface area contributed by atoms with E-state index >= 15 is 0 Å². The Morgan fingerprint density at radius 3 is 2.45 bits per heavy atom. The van der Waals surface area contributed by atoms with Crippen LogP contribution in [0.25, 0.3) is 5.69 Å². The number of hydrogen-bond donors (Lipinski definition) is 3. The number of anilines is 1. The molecule has 0 saturated carbocycles. The zero-order valence-corrected chi connectivity index (χ0v) is 21.2. The molecule has 4 rings (SSSR count). The lowest BCUT2D eigenvalue weighted by Gasteiger charge is -2.20. The van der Waals surface area contributed by atoms with Crippen molar-refractivity contribution < 1.29 is 24.0 Å². The smallest absolute Gasteiger partial charge is 0.335 e. The lowest BCUT2D eigenvalue weighted by Crippen LogP contribution is -2.47. The molecule has 0 radical (unpaired) electrons. The van der Waals surface area contributed by atoms with E-state index < -0.39 is 40.8 Å². The number of tetrazole rings is 1. The molecule has 0 bridgehead atoms. The summed E-state index contributed by atoms with van der Waals surface area (Å²) in [5, 5.41) is 25.7. The summed E-state index contributed by atoms with van der Waals surface area (Å²) in [5.74, 6) is -2.68. The highest BCUT2D eigenvalue weighted by Crippen LogP contribution is 2.24.